The summed E-state index contributed by atoms with van der Waals surface area (Å²) in [6, 6.07) is 77.2. The Morgan fingerprint density at radius 1 is 0.263 bits per heavy atom. The van der Waals surface area contributed by atoms with E-state index in [0.717, 1.165) is 27.0 Å². The minimum absolute atomic E-state index is 1.07. The van der Waals surface area contributed by atoms with Gasteiger partial charge in [-0.05, 0) is 123 Å². The van der Waals surface area contributed by atoms with Gasteiger partial charge in [0.15, 0.2) is 0 Å². The van der Waals surface area contributed by atoms with Crippen molar-refractivity contribution < 1.29 is 0 Å². The summed E-state index contributed by atoms with van der Waals surface area (Å²) in [5, 5.41) is 4.96. The molecule has 2 nitrogen and oxygen atoms in total. The van der Waals surface area contributed by atoms with Crippen molar-refractivity contribution in [2.75, 3.05) is 0 Å². The molecule has 0 saturated heterocycles. The fourth-order valence-electron chi connectivity index (χ4n) is 8.68. The topological polar surface area (TPSA) is 9.86 Å². The van der Waals surface area contributed by atoms with Crippen molar-refractivity contribution in [3.8, 4) is 55.9 Å². The second-order valence-electron chi connectivity index (χ2n) is 14.7. The van der Waals surface area contributed by atoms with E-state index in [1.807, 2.05) is 0 Å². The molecule has 0 unspecified atom stereocenters. The van der Waals surface area contributed by atoms with Crippen LogP contribution in [0.5, 0.6) is 0 Å². The molecule has 2 aromatic heterocycles. The van der Waals surface area contributed by atoms with Crippen molar-refractivity contribution in [3.63, 3.8) is 0 Å². The van der Waals surface area contributed by atoms with Crippen molar-refractivity contribution in [2.24, 2.45) is 0 Å². The summed E-state index contributed by atoms with van der Waals surface area (Å²) in [5.41, 5.74) is 16.5. The third-order valence-electron chi connectivity index (χ3n) is 11.4. The van der Waals surface area contributed by atoms with E-state index < -0.39 is 0 Å². The van der Waals surface area contributed by atoms with Gasteiger partial charge in [-0.1, -0.05) is 149 Å². The van der Waals surface area contributed by atoms with Crippen LogP contribution in [0.15, 0.2) is 217 Å². The van der Waals surface area contributed by atoms with Crippen molar-refractivity contribution >= 4 is 59.5 Å². The third kappa shape index (κ3) is 5.70. The lowest BCUT2D eigenvalue weighted by Gasteiger charge is -2.14. The summed E-state index contributed by atoms with van der Waals surface area (Å²) >= 11 is 3.88. The van der Waals surface area contributed by atoms with Crippen LogP contribution in [0.1, 0.15) is 0 Å². The van der Waals surface area contributed by atoms with Gasteiger partial charge in [0.2, 0.25) is 0 Å². The molecule has 3 heteroatoms. The maximum Gasteiger partial charge on any atom is 0.0547 e. The normalized spacial score (nSPS) is 11.6. The average molecular weight is 792 g/mol. The summed E-state index contributed by atoms with van der Waals surface area (Å²) < 4.78 is 5.88. The summed E-state index contributed by atoms with van der Waals surface area (Å²) in [7, 11) is 0. The number of halogens is 1. The predicted octanol–water partition coefficient (Wildman–Crippen LogP) is 15.3. The minimum atomic E-state index is 1.07. The first-order valence-corrected chi connectivity index (χ1v) is 20.2. The zero-order valence-corrected chi connectivity index (χ0v) is 32.6. The number of benzene rings is 9. The molecule has 0 aliphatic rings. The number of aromatic nitrogens is 2. The molecule has 0 aliphatic carbocycles. The minimum Gasteiger partial charge on any atom is -0.309 e. The Kier molecular flexibility index (Phi) is 8.01. The number of rotatable bonds is 6. The van der Waals surface area contributed by atoms with E-state index in [4.69, 9.17) is 0 Å². The average Bonchev–Trinajstić information content (AvgIpc) is 3.79. The van der Waals surface area contributed by atoms with E-state index in [2.05, 4.69) is 237 Å². The van der Waals surface area contributed by atoms with Gasteiger partial charge in [-0.2, -0.15) is 0 Å². The molecule has 0 aliphatic heterocycles. The van der Waals surface area contributed by atoms with Crippen molar-refractivity contribution in [1.82, 2.24) is 9.13 Å². The van der Waals surface area contributed by atoms with Crippen LogP contribution in [0.3, 0.4) is 0 Å². The van der Waals surface area contributed by atoms with Crippen LogP contribution in [0.25, 0.3) is 99.5 Å². The zero-order chi connectivity index (χ0) is 37.9. The highest BCUT2D eigenvalue weighted by atomic mass is 79.9. The fourth-order valence-corrected chi connectivity index (χ4v) is 9.20. The SMILES string of the molecule is Brc1ccccc1-c1cc(-c2ccc3c(c2)c2ccc(-c4ccccc4)cc2n3-c2ccccc2)cc(-c2ccc3c4ccccc4n(-c4ccccc4)c3c2)c1. The van der Waals surface area contributed by atoms with Crippen LogP contribution >= 0.6 is 15.9 Å². The molecule has 268 valence electrons. The maximum absolute atomic E-state index is 3.88. The fraction of sp³-hybridized carbons (Fsp3) is 0. The molecule has 0 bridgehead atoms. The summed E-state index contributed by atoms with van der Waals surface area (Å²) in [6.45, 7) is 0. The first kappa shape index (κ1) is 33.4. The number of nitrogens with zero attached hydrogens (tertiary/aromatic N) is 2. The smallest absolute Gasteiger partial charge is 0.0547 e. The number of hydrogen-bond acceptors (Lipinski definition) is 0. The molecule has 0 fully saturated rings. The number of hydrogen-bond donors (Lipinski definition) is 0. The quantitative estimate of drug-likeness (QED) is 0.159. The molecule has 0 N–H and O–H groups in total. The molecule has 0 spiro atoms. The summed E-state index contributed by atoms with van der Waals surface area (Å²) in [5.74, 6) is 0. The predicted molar refractivity (Wildman–Crippen MR) is 245 cm³/mol. The Labute approximate surface area is 339 Å². The van der Waals surface area contributed by atoms with Crippen molar-refractivity contribution in [2.45, 2.75) is 0 Å². The second-order valence-corrected chi connectivity index (χ2v) is 15.6. The second kappa shape index (κ2) is 13.7. The lowest BCUT2D eigenvalue weighted by Crippen LogP contribution is -1.94. The third-order valence-corrected chi connectivity index (χ3v) is 12.1. The Bertz CT molecular complexity index is 3280. The zero-order valence-electron chi connectivity index (χ0n) is 31.0. The molecule has 0 atom stereocenters. The largest absolute Gasteiger partial charge is 0.309 e. The summed E-state index contributed by atoms with van der Waals surface area (Å²) in [4.78, 5) is 0. The van der Waals surface area contributed by atoms with Crippen LogP contribution in [0.4, 0.5) is 0 Å². The van der Waals surface area contributed by atoms with Crippen molar-refractivity contribution in [1.29, 1.82) is 0 Å². The van der Waals surface area contributed by atoms with Gasteiger partial charge < -0.3 is 9.13 Å². The maximum atomic E-state index is 3.88. The number of fused-ring (bicyclic) bond motifs is 6. The highest BCUT2D eigenvalue weighted by Gasteiger charge is 2.18. The molecule has 9 aromatic carbocycles. The van der Waals surface area contributed by atoms with Crippen LogP contribution < -0.4 is 0 Å². The highest BCUT2D eigenvalue weighted by Crippen LogP contribution is 2.41. The Balaban J connectivity index is 1.13. The van der Waals surface area contributed by atoms with Crippen LogP contribution in [0.2, 0.25) is 0 Å². The van der Waals surface area contributed by atoms with Crippen LogP contribution in [-0.4, -0.2) is 9.13 Å². The van der Waals surface area contributed by atoms with Gasteiger partial charge in [-0.3, -0.25) is 0 Å². The van der Waals surface area contributed by atoms with E-state index >= 15 is 0 Å². The molecule has 11 rings (SSSR count). The molecule has 2 heterocycles. The van der Waals surface area contributed by atoms with Gasteiger partial charge in [0, 0.05) is 37.4 Å². The van der Waals surface area contributed by atoms with Gasteiger partial charge in [-0.25, -0.2) is 0 Å². The Morgan fingerprint density at radius 2 is 0.719 bits per heavy atom. The van der Waals surface area contributed by atoms with Gasteiger partial charge in [0.1, 0.15) is 0 Å². The summed E-state index contributed by atoms with van der Waals surface area (Å²) in [6.07, 6.45) is 0. The molecular weight excluding hydrogens is 757 g/mol. The van der Waals surface area contributed by atoms with Gasteiger partial charge in [0.05, 0.1) is 22.1 Å². The first-order chi connectivity index (χ1) is 28.2. The molecule has 11 aromatic rings. The van der Waals surface area contributed by atoms with Gasteiger partial charge >= 0.3 is 0 Å². The van der Waals surface area contributed by atoms with Crippen LogP contribution in [0, 0.1) is 0 Å². The van der Waals surface area contributed by atoms with E-state index in [9.17, 15) is 0 Å². The Hall–Kier alpha value is -6.94. The number of para-hydroxylation sites is 3. The van der Waals surface area contributed by atoms with E-state index in [1.54, 1.807) is 0 Å². The van der Waals surface area contributed by atoms with E-state index in [0.29, 0.717) is 0 Å². The molecule has 0 saturated carbocycles. The standard InChI is InChI=1S/C54H35BrN2/c55-50-22-12-10-20-45(50)42-31-40(30-41(32-42)39-25-27-47-46-21-11-13-23-51(46)56(53(47)35-39)43-16-6-2-7-17-43)37-26-29-52-49(33-37)48-28-24-38(36-14-4-1-5-15-36)34-54(48)57(52)44-18-8-3-9-19-44/h1-35H. The van der Waals surface area contributed by atoms with E-state index in [1.165, 1.54) is 77.0 Å². The van der Waals surface area contributed by atoms with E-state index in [-0.39, 0.29) is 0 Å². The highest BCUT2D eigenvalue weighted by molar-refractivity contribution is 9.10. The van der Waals surface area contributed by atoms with Crippen molar-refractivity contribution in [3.05, 3.63) is 217 Å². The molecule has 0 radical (unpaired) electrons. The van der Waals surface area contributed by atoms with Gasteiger partial charge in [0.25, 0.3) is 0 Å². The monoisotopic (exact) mass is 790 g/mol. The lowest BCUT2D eigenvalue weighted by molar-refractivity contribution is 1.18. The Morgan fingerprint density at radius 3 is 1.37 bits per heavy atom. The molecule has 57 heavy (non-hydrogen) atoms. The first-order valence-electron chi connectivity index (χ1n) is 19.4. The lowest BCUT2D eigenvalue weighted by atomic mass is 9.92. The molecule has 0 amide bonds. The van der Waals surface area contributed by atoms with Crippen LogP contribution in [-0.2, 0) is 0 Å². The van der Waals surface area contributed by atoms with Gasteiger partial charge in [-0.15, -0.1) is 0 Å². The molecular formula is C54H35BrN2.